The zero-order valence-electron chi connectivity index (χ0n) is 13.6. The van der Waals surface area contributed by atoms with Gasteiger partial charge >= 0.3 is 5.97 Å². The molecule has 6 nitrogen and oxygen atoms in total. The van der Waals surface area contributed by atoms with Gasteiger partial charge in [0.15, 0.2) is 0 Å². The first-order valence-corrected chi connectivity index (χ1v) is 8.54. The van der Waals surface area contributed by atoms with Crippen molar-refractivity contribution in [3.63, 3.8) is 0 Å². The van der Waals surface area contributed by atoms with Crippen molar-refractivity contribution in [2.75, 3.05) is 13.2 Å². The van der Waals surface area contributed by atoms with Gasteiger partial charge in [-0.15, -0.1) is 0 Å². The number of hydrogen-bond acceptors (Lipinski definition) is 5. The molecule has 1 fully saturated rings. The summed E-state index contributed by atoms with van der Waals surface area (Å²) >= 11 is 0. The number of fused-ring (bicyclic) bond motifs is 1. The third kappa shape index (κ3) is 3.80. The average molecular weight is 320 g/mol. The van der Waals surface area contributed by atoms with Crippen molar-refractivity contribution in [1.82, 2.24) is 9.78 Å². The second kappa shape index (κ2) is 7.25. The first-order chi connectivity index (χ1) is 11.2. The number of hydrogen-bond donors (Lipinski definition) is 0. The Bertz CT molecular complexity index is 575. The number of esters is 1. The standard InChI is InChI=1S/C17H24N2O4/c1-2-22-17(21)10-15(20)12-6-7-14-13(9-12)11-19(18-14)16-5-3-4-8-23-16/h11-12,16H,2-10H2,1H3. The molecule has 0 amide bonds. The van der Waals surface area contributed by atoms with Crippen LogP contribution in [0.5, 0.6) is 0 Å². The molecule has 0 spiro atoms. The van der Waals surface area contributed by atoms with Gasteiger partial charge in [-0.2, -0.15) is 5.10 Å². The van der Waals surface area contributed by atoms with Gasteiger partial charge in [0.2, 0.25) is 0 Å². The lowest BCUT2D eigenvalue weighted by atomic mass is 9.84. The molecule has 1 aromatic heterocycles. The summed E-state index contributed by atoms with van der Waals surface area (Å²) in [6.45, 7) is 2.85. The van der Waals surface area contributed by atoms with Crippen LogP contribution in [0, 0.1) is 5.92 Å². The van der Waals surface area contributed by atoms with Crippen molar-refractivity contribution in [2.45, 2.75) is 58.1 Å². The average Bonchev–Trinajstić information content (AvgIpc) is 2.99. The largest absolute Gasteiger partial charge is 0.466 e. The molecule has 2 unspecified atom stereocenters. The Morgan fingerprint density at radius 2 is 2.26 bits per heavy atom. The van der Waals surface area contributed by atoms with E-state index in [1.54, 1.807) is 6.92 Å². The molecular formula is C17H24N2O4. The molecule has 0 saturated carbocycles. The predicted molar refractivity (Wildman–Crippen MR) is 82.8 cm³/mol. The van der Waals surface area contributed by atoms with Crippen molar-refractivity contribution in [3.8, 4) is 0 Å². The Hall–Kier alpha value is -1.69. The minimum atomic E-state index is -0.422. The van der Waals surface area contributed by atoms with E-state index in [0.29, 0.717) is 13.0 Å². The molecule has 3 rings (SSSR count). The van der Waals surface area contributed by atoms with E-state index in [4.69, 9.17) is 9.47 Å². The Morgan fingerprint density at radius 1 is 1.39 bits per heavy atom. The van der Waals surface area contributed by atoms with E-state index in [2.05, 4.69) is 5.10 Å². The third-order valence-electron chi connectivity index (χ3n) is 4.62. The highest BCUT2D eigenvalue weighted by molar-refractivity contribution is 5.97. The van der Waals surface area contributed by atoms with Gasteiger partial charge in [0.05, 0.1) is 12.3 Å². The molecule has 0 bridgehead atoms. The Kier molecular flexibility index (Phi) is 5.10. The van der Waals surface area contributed by atoms with Gasteiger partial charge in [0.25, 0.3) is 0 Å². The van der Waals surface area contributed by atoms with Gasteiger partial charge in [0, 0.05) is 18.7 Å². The summed E-state index contributed by atoms with van der Waals surface area (Å²) in [5.41, 5.74) is 2.19. The molecular weight excluding hydrogens is 296 g/mol. The topological polar surface area (TPSA) is 70.4 Å². The van der Waals surface area contributed by atoms with Crippen LogP contribution in [-0.4, -0.2) is 34.7 Å². The molecule has 1 aliphatic carbocycles. The van der Waals surface area contributed by atoms with Crippen LogP contribution >= 0.6 is 0 Å². The number of ketones is 1. The number of aryl methyl sites for hydroxylation is 1. The molecule has 0 N–H and O–H groups in total. The highest BCUT2D eigenvalue weighted by Gasteiger charge is 2.29. The Balaban J connectivity index is 1.62. The van der Waals surface area contributed by atoms with Crippen LogP contribution in [0.15, 0.2) is 6.20 Å². The lowest BCUT2D eigenvalue weighted by Gasteiger charge is -2.22. The lowest BCUT2D eigenvalue weighted by Crippen LogP contribution is -2.25. The molecule has 6 heteroatoms. The molecule has 2 heterocycles. The summed E-state index contributed by atoms with van der Waals surface area (Å²) < 4.78 is 12.6. The maximum atomic E-state index is 12.2. The number of carbonyl (C=O) groups is 2. The monoisotopic (exact) mass is 320 g/mol. The number of rotatable bonds is 5. The lowest BCUT2D eigenvalue weighted by molar-refractivity contribution is -0.146. The van der Waals surface area contributed by atoms with E-state index in [0.717, 1.165) is 50.0 Å². The SMILES string of the molecule is CCOC(=O)CC(=O)C1CCc2nn(C3CCCCO3)cc2C1. The van der Waals surface area contributed by atoms with Crippen molar-refractivity contribution in [3.05, 3.63) is 17.5 Å². The zero-order chi connectivity index (χ0) is 16.2. The fourth-order valence-corrected chi connectivity index (χ4v) is 3.38. The molecule has 126 valence electrons. The molecule has 1 saturated heterocycles. The number of nitrogens with zero attached hydrogens (tertiary/aromatic N) is 2. The maximum absolute atomic E-state index is 12.2. The van der Waals surface area contributed by atoms with Crippen LogP contribution in [0.1, 0.15) is 56.5 Å². The summed E-state index contributed by atoms with van der Waals surface area (Å²) in [5.74, 6) is -0.540. The Labute approximate surface area is 136 Å². The van der Waals surface area contributed by atoms with E-state index in [-0.39, 0.29) is 24.3 Å². The van der Waals surface area contributed by atoms with E-state index in [1.807, 2.05) is 10.9 Å². The molecule has 0 radical (unpaired) electrons. The molecule has 2 atom stereocenters. The van der Waals surface area contributed by atoms with Gasteiger partial charge in [-0.3, -0.25) is 9.59 Å². The van der Waals surface area contributed by atoms with Crippen LogP contribution in [0.25, 0.3) is 0 Å². The van der Waals surface area contributed by atoms with E-state index in [9.17, 15) is 9.59 Å². The minimum absolute atomic E-state index is 0.0178. The zero-order valence-corrected chi connectivity index (χ0v) is 13.6. The normalized spacial score (nSPS) is 24.0. The summed E-state index contributed by atoms with van der Waals surface area (Å²) in [6, 6.07) is 0. The highest BCUT2D eigenvalue weighted by Crippen LogP contribution is 2.29. The fraction of sp³-hybridized carbons (Fsp3) is 0.706. The van der Waals surface area contributed by atoms with Gasteiger partial charge < -0.3 is 9.47 Å². The van der Waals surface area contributed by atoms with Crippen LogP contribution in [0.3, 0.4) is 0 Å². The van der Waals surface area contributed by atoms with Gasteiger partial charge in [0.1, 0.15) is 18.4 Å². The fourth-order valence-electron chi connectivity index (χ4n) is 3.38. The van der Waals surface area contributed by atoms with Crippen LogP contribution in [0.2, 0.25) is 0 Å². The van der Waals surface area contributed by atoms with Crippen molar-refractivity contribution < 1.29 is 19.1 Å². The van der Waals surface area contributed by atoms with E-state index < -0.39 is 5.97 Å². The van der Waals surface area contributed by atoms with Crippen LogP contribution < -0.4 is 0 Å². The molecule has 0 aromatic carbocycles. The van der Waals surface area contributed by atoms with Crippen molar-refractivity contribution in [1.29, 1.82) is 0 Å². The summed E-state index contributed by atoms with van der Waals surface area (Å²) in [4.78, 5) is 23.7. The molecule has 2 aliphatic rings. The van der Waals surface area contributed by atoms with E-state index in [1.165, 1.54) is 0 Å². The van der Waals surface area contributed by atoms with E-state index >= 15 is 0 Å². The number of Topliss-reactive ketones (excluding diaryl/α,β-unsaturated/α-hetero) is 1. The number of aromatic nitrogens is 2. The maximum Gasteiger partial charge on any atom is 0.313 e. The molecule has 1 aromatic rings. The molecule has 23 heavy (non-hydrogen) atoms. The van der Waals surface area contributed by atoms with Crippen LogP contribution in [-0.2, 0) is 31.9 Å². The van der Waals surface area contributed by atoms with Gasteiger partial charge in [-0.05, 0) is 51.0 Å². The van der Waals surface area contributed by atoms with Gasteiger partial charge in [-0.25, -0.2) is 4.68 Å². The number of carbonyl (C=O) groups excluding carboxylic acids is 2. The summed E-state index contributed by atoms with van der Waals surface area (Å²) in [5, 5.41) is 4.65. The summed E-state index contributed by atoms with van der Waals surface area (Å²) in [7, 11) is 0. The second-order valence-electron chi connectivity index (χ2n) is 6.29. The van der Waals surface area contributed by atoms with Gasteiger partial charge in [-0.1, -0.05) is 0 Å². The first kappa shape index (κ1) is 16.2. The van der Waals surface area contributed by atoms with Crippen molar-refractivity contribution in [2.24, 2.45) is 5.92 Å². The minimum Gasteiger partial charge on any atom is -0.466 e. The first-order valence-electron chi connectivity index (χ1n) is 8.54. The summed E-state index contributed by atoms with van der Waals surface area (Å²) in [6.07, 6.45) is 7.41. The highest BCUT2D eigenvalue weighted by atomic mass is 16.5. The smallest absolute Gasteiger partial charge is 0.313 e. The number of ether oxygens (including phenoxy) is 2. The van der Waals surface area contributed by atoms with Crippen molar-refractivity contribution >= 4 is 11.8 Å². The Morgan fingerprint density at radius 3 is 3.00 bits per heavy atom. The predicted octanol–water partition coefficient (Wildman–Crippen LogP) is 2.21. The van der Waals surface area contributed by atoms with Crippen LogP contribution in [0.4, 0.5) is 0 Å². The molecule has 1 aliphatic heterocycles. The third-order valence-corrected chi connectivity index (χ3v) is 4.62. The quantitative estimate of drug-likeness (QED) is 0.614. The second-order valence-corrected chi connectivity index (χ2v) is 6.29.